The van der Waals surface area contributed by atoms with E-state index in [0.717, 1.165) is 17.7 Å². The number of nitrogens with zero attached hydrogens (tertiary/aromatic N) is 1. The van der Waals surface area contributed by atoms with Gasteiger partial charge in [-0.3, -0.25) is 4.79 Å². The van der Waals surface area contributed by atoms with E-state index in [4.69, 9.17) is 0 Å². The van der Waals surface area contributed by atoms with Gasteiger partial charge in [0, 0.05) is 17.5 Å². The molecule has 0 saturated heterocycles. The van der Waals surface area contributed by atoms with Crippen molar-refractivity contribution in [2.75, 3.05) is 10.7 Å². The van der Waals surface area contributed by atoms with Crippen molar-refractivity contribution in [1.29, 1.82) is 0 Å². The molecule has 0 unspecified atom stereocenters. The van der Waals surface area contributed by atoms with Crippen LogP contribution in [-0.4, -0.2) is 26.1 Å². The third-order valence-electron chi connectivity index (χ3n) is 3.29. The van der Waals surface area contributed by atoms with E-state index >= 15 is 0 Å². The van der Waals surface area contributed by atoms with Crippen molar-refractivity contribution < 1.29 is 13.2 Å². The highest BCUT2D eigenvalue weighted by Gasteiger charge is 2.30. The Balaban J connectivity index is 2.33. The smallest absolute Gasteiger partial charge is 0.227 e. The summed E-state index contributed by atoms with van der Waals surface area (Å²) in [5, 5.41) is 1.21. The van der Waals surface area contributed by atoms with E-state index < -0.39 is 15.9 Å². The molecule has 0 N–H and O–H groups in total. The molecule has 0 saturated carbocycles. The largest absolute Gasteiger partial charge is 0.304 e. The van der Waals surface area contributed by atoms with Gasteiger partial charge in [-0.05, 0) is 31.6 Å². The fourth-order valence-electron chi connectivity index (χ4n) is 2.28. The van der Waals surface area contributed by atoms with E-state index in [1.165, 1.54) is 5.41 Å². The van der Waals surface area contributed by atoms with E-state index in [1.807, 2.05) is 38.1 Å². The Morgan fingerprint density at radius 3 is 2.45 bits per heavy atom. The average Bonchev–Trinajstić information content (AvgIpc) is 2.73. The standard InChI is InChI=1S/C15H19NO3S/c1-3-4-15(17)16(13-7-5-12(2)6-8-13)14-9-10-20(18,19)11-14/h5-10,14H,3-4,11H2,1-2H3/t14-/m1/s1. The van der Waals surface area contributed by atoms with Crippen molar-refractivity contribution in [3.63, 3.8) is 0 Å². The molecule has 1 heterocycles. The van der Waals surface area contributed by atoms with Gasteiger partial charge < -0.3 is 4.90 Å². The third kappa shape index (κ3) is 3.28. The van der Waals surface area contributed by atoms with Crippen LogP contribution in [-0.2, 0) is 14.6 Å². The normalized spacial score (nSPS) is 20.0. The summed E-state index contributed by atoms with van der Waals surface area (Å²) in [7, 11) is -3.18. The molecule has 0 radical (unpaired) electrons. The quantitative estimate of drug-likeness (QED) is 0.856. The predicted molar refractivity (Wildman–Crippen MR) is 80.3 cm³/mol. The molecule has 2 rings (SSSR count). The van der Waals surface area contributed by atoms with E-state index in [2.05, 4.69) is 0 Å². The average molecular weight is 293 g/mol. The second-order valence-electron chi connectivity index (χ2n) is 5.07. The van der Waals surface area contributed by atoms with Crippen LogP contribution in [0.4, 0.5) is 5.69 Å². The SMILES string of the molecule is CCCC(=O)N(c1ccc(C)cc1)[C@@H]1C=CS(=O)(=O)C1. The summed E-state index contributed by atoms with van der Waals surface area (Å²) in [5.41, 5.74) is 1.85. The zero-order valence-corrected chi connectivity index (χ0v) is 12.6. The second kappa shape index (κ2) is 5.79. The molecule has 0 spiro atoms. The van der Waals surface area contributed by atoms with Gasteiger partial charge >= 0.3 is 0 Å². The zero-order chi connectivity index (χ0) is 14.8. The van der Waals surface area contributed by atoms with Crippen LogP contribution in [0.2, 0.25) is 0 Å². The first kappa shape index (κ1) is 14.8. The number of amides is 1. The Hall–Kier alpha value is -1.62. The molecule has 4 nitrogen and oxygen atoms in total. The fraction of sp³-hybridized carbons (Fsp3) is 0.400. The summed E-state index contributed by atoms with van der Waals surface area (Å²) in [4.78, 5) is 13.9. The molecular weight excluding hydrogens is 274 g/mol. The van der Waals surface area contributed by atoms with E-state index in [0.29, 0.717) is 6.42 Å². The van der Waals surface area contributed by atoms with Crippen molar-refractivity contribution in [2.45, 2.75) is 32.7 Å². The minimum absolute atomic E-state index is 0.0314. The summed E-state index contributed by atoms with van der Waals surface area (Å²) in [6.45, 7) is 3.91. The van der Waals surface area contributed by atoms with Gasteiger partial charge in [-0.2, -0.15) is 0 Å². The maximum Gasteiger partial charge on any atom is 0.227 e. The molecule has 5 heteroatoms. The molecule has 1 amide bonds. The molecule has 0 fully saturated rings. The van der Waals surface area contributed by atoms with Gasteiger partial charge in [0.15, 0.2) is 9.84 Å². The van der Waals surface area contributed by atoms with Gasteiger partial charge in [-0.15, -0.1) is 0 Å². The predicted octanol–water partition coefficient (Wildman–Crippen LogP) is 2.44. The molecule has 1 aliphatic heterocycles. The van der Waals surface area contributed by atoms with Crippen molar-refractivity contribution in [3.8, 4) is 0 Å². The minimum atomic E-state index is -3.18. The van der Waals surface area contributed by atoms with Crippen LogP contribution < -0.4 is 4.90 Å². The Morgan fingerprint density at radius 1 is 1.30 bits per heavy atom. The van der Waals surface area contributed by atoms with E-state index in [-0.39, 0.29) is 11.7 Å². The molecule has 0 bridgehead atoms. The first-order valence-corrected chi connectivity index (χ1v) is 8.44. The molecular formula is C15H19NO3S. The Bertz CT molecular complexity index is 617. The molecule has 0 aliphatic carbocycles. The maximum absolute atomic E-state index is 12.3. The van der Waals surface area contributed by atoms with Crippen molar-refractivity contribution >= 4 is 21.4 Å². The van der Waals surface area contributed by atoms with Crippen LogP contribution in [0.25, 0.3) is 0 Å². The monoisotopic (exact) mass is 293 g/mol. The van der Waals surface area contributed by atoms with Crippen molar-refractivity contribution in [1.82, 2.24) is 0 Å². The number of aryl methyl sites for hydroxylation is 1. The molecule has 1 aliphatic rings. The first-order chi connectivity index (χ1) is 9.43. The molecule has 1 aromatic carbocycles. The lowest BCUT2D eigenvalue weighted by Crippen LogP contribution is -2.41. The lowest BCUT2D eigenvalue weighted by molar-refractivity contribution is -0.118. The fourth-order valence-corrected chi connectivity index (χ4v) is 3.55. The lowest BCUT2D eigenvalue weighted by atomic mass is 10.1. The summed E-state index contributed by atoms with van der Waals surface area (Å²) in [6, 6.07) is 7.18. The number of rotatable bonds is 4. The van der Waals surface area contributed by atoms with Crippen LogP contribution >= 0.6 is 0 Å². The molecule has 1 aromatic rings. The van der Waals surface area contributed by atoms with Gasteiger partial charge in [-0.25, -0.2) is 8.42 Å². The summed E-state index contributed by atoms with van der Waals surface area (Å²) < 4.78 is 23.2. The van der Waals surface area contributed by atoms with Crippen molar-refractivity contribution in [2.24, 2.45) is 0 Å². The highest BCUT2D eigenvalue weighted by Crippen LogP contribution is 2.24. The lowest BCUT2D eigenvalue weighted by Gasteiger charge is -2.27. The summed E-state index contributed by atoms with van der Waals surface area (Å²) >= 11 is 0. The van der Waals surface area contributed by atoms with Gasteiger partial charge in [0.05, 0.1) is 11.8 Å². The van der Waals surface area contributed by atoms with Gasteiger partial charge in [0.1, 0.15) is 0 Å². The Morgan fingerprint density at radius 2 is 1.95 bits per heavy atom. The summed E-state index contributed by atoms with van der Waals surface area (Å²) in [6.07, 6.45) is 2.76. The van der Waals surface area contributed by atoms with E-state index in [9.17, 15) is 13.2 Å². The van der Waals surface area contributed by atoms with E-state index in [1.54, 1.807) is 11.0 Å². The van der Waals surface area contributed by atoms with Crippen LogP contribution in [0.5, 0.6) is 0 Å². The number of hydrogen-bond donors (Lipinski definition) is 0. The van der Waals surface area contributed by atoms with Crippen LogP contribution in [0, 0.1) is 6.92 Å². The first-order valence-electron chi connectivity index (χ1n) is 6.72. The van der Waals surface area contributed by atoms with Crippen molar-refractivity contribution in [3.05, 3.63) is 41.3 Å². The van der Waals surface area contributed by atoms with Crippen LogP contribution in [0.1, 0.15) is 25.3 Å². The highest BCUT2D eigenvalue weighted by atomic mass is 32.2. The number of benzene rings is 1. The zero-order valence-electron chi connectivity index (χ0n) is 11.7. The molecule has 1 atom stereocenters. The number of sulfone groups is 1. The number of hydrogen-bond acceptors (Lipinski definition) is 3. The van der Waals surface area contributed by atoms with Gasteiger partial charge in [-0.1, -0.05) is 24.6 Å². The molecule has 0 aromatic heterocycles. The highest BCUT2D eigenvalue weighted by molar-refractivity contribution is 7.94. The molecule has 20 heavy (non-hydrogen) atoms. The second-order valence-corrected chi connectivity index (χ2v) is 7.01. The van der Waals surface area contributed by atoms with Gasteiger partial charge in [0.2, 0.25) is 5.91 Å². The van der Waals surface area contributed by atoms with Crippen LogP contribution in [0.15, 0.2) is 35.7 Å². The number of carbonyl (C=O) groups excluding carboxylic acids is 1. The number of carbonyl (C=O) groups is 1. The van der Waals surface area contributed by atoms with Crippen LogP contribution in [0.3, 0.4) is 0 Å². The maximum atomic E-state index is 12.3. The van der Waals surface area contributed by atoms with Gasteiger partial charge in [0.25, 0.3) is 0 Å². The Labute approximate surface area is 120 Å². The number of anilines is 1. The molecule has 108 valence electrons. The third-order valence-corrected chi connectivity index (χ3v) is 4.67. The minimum Gasteiger partial charge on any atom is -0.304 e. The Kier molecular flexibility index (Phi) is 4.28. The topological polar surface area (TPSA) is 54.5 Å². The summed E-state index contributed by atoms with van der Waals surface area (Å²) in [5.74, 6) is -0.0702.